The van der Waals surface area contributed by atoms with E-state index >= 15 is 0 Å². The molecule has 0 spiro atoms. The first-order valence-corrected chi connectivity index (χ1v) is 6.37. The van der Waals surface area contributed by atoms with Crippen LogP contribution in [0.15, 0.2) is 41.0 Å². The van der Waals surface area contributed by atoms with Gasteiger partial charge in [-0.05, 0) is 34.3 Å². The van der Waals surface area contributed by atoms with Gasteiger partial charge < -0.3 is 5.11 Å². The summed E-state index contributed by atoms with van der Waals surface area (Å²) in [4.78, 5) is 0. The lowest BCUT2D eigenvalue weighted by Crippen LogP contribution is -2.07. The summed E-state index contributed by atoms with van der Waals surface area (Å²) in [6.07, 6.45) is 2.78. The second-order valence-corrected chi connectivity index (χ2v) is 4.90. The zero-order chi connectivity index (χ0) is 12.3. The van der Waals surface area contributed by atoms with Gasteiger partial charge in [0.05, 0.1) is 22.5 Å². The Morgan fingerprint density at radius 1 is 1.35 bits per heavy atom. The zero-order valence-electron chi connectivity index (χ0n) is 9.68. The summed E-state index contributed by atoms with van der Waals surface area (Å²) >= 11 is 3.40. The molecule has 1 aromatic carbocycles. The van der Waals surface area contributed by atoms with Crippen molar-refractivity contribution in [2.24, 2.45) is 7.05 Å². The number of nitrogens with zero attached hydrogens (tertiary/aromatic N) is 2. The third kappa shape index (κ3) is 2.96. The minimum atomic E-state index is -0.489. The summed E-state index contributed by atoms with van der Waals surface area (Å²) in [7, 11) is 1.84. The van der Waals surface area contributed by atoms with Gasteiger partial charge in [0.2, 0.25) is 0 Å². The van der Waals surface area contributed by atoms with Gasteiger partial charge in [-0.3, -0.25) is 4.68 Å². The Balaban J connectivity index is 2.01. The monoisotopic (exact) mass is 294 g/mol. The summed E-state index contributed by atoms with van der Waals surface area (Å²) in [5.74, 6) is 0. The van der Waals surface area contributed by atoms with Crippen LogP contribution in [-0.2, 0) is 13.5 Å². The standard InChI is InChI=1S/C13H15BrN2O/c1-16-13(11(14)9-15-16)12(17)8-7-10-5-3-2-4-6-10/h2-6,9,12,17H,7-8H2,1H3. The Morgan fingerprint density at radius 3 is 2.65 bits per heavy atom. The van der Waals surface area contributed by atoms with Crippen molar-refractivity contribution in [3.8, 4) is 0 Å². The number of rotatable bonds is 4. The molecular weight excluding hydrogens is 280 g/mol. The predicted octanol–water partition coefficient (Wildman–Crippen LogP) is 2.85. The van der Waals surface area contributed by atoms with Crippen LogP contribution in [0, 0.1) is 0 Å². The smallest absolute Gasteiger partial charge is 0.0971 e. The Hall–Kier alpha value is -1.13. The highest BCUT2D eigenvalue weighted by atomic mass is 79.9. The Labute approximate surface area is 109 Å². The van der Waals surface area contributed by atoms with Crippen LogP contribution >= 0.6 is 15.9 Å². The molecule has 4 heteroatoms. The summed E-state index contributed by atoms with van der Waals surface area (Å²) < 4.78 is 2.57. The third-order valence-electron chi connectivity index (χ3n) is 2.80. The Kier molecular flexibility index (Phi) is 3.97. The van der Waals surface area contributed by atoms with Crippen molar-refractivity contribution in [2.75, 3.05) is 0 Å². The molecule has 1 unspecified atom stereocenters. The van der Waals surface area contributed by atoms with Gasteiger partial charge in [0, 0.05) is 7.05 Å². The van der Waals surface area contributed by atoms with Gasteiger partial charge in [-0.15, -0.1) is 0 Å². The predicted molar refractivity (Wildman–Crippen MR) is 70.6 cm³/mol. The molecule has 1 atom stereocenters. The van der Waals surface area contributed by atoms with Gasteiger partial charge in [-0.25, -0.2) is 0 Å². The average Bonchev–Trinajstić information content (AvgIpc) is 2.67. The van der Waals surface area contributed by atoms with Gasteiger partial charge in [-0.2, -0.15) is 5.10 Å². The van der Waals surface area contributed by atoms with Crippen molar-refractivity contribution in [3.05, 3.63) is 52.3 Å². The minimum Gasteiger partial charge on any atom is -0.387 e. The van der Waals surface area contributed by atoms with E-state index < -0.39 is 6.10 Å². The SMILES string of the molecule is Cn1ncc(Br)c1C(O)CCc1ccccc1. The maximum atomic E-state index is 10.1. The molecule has 2 rings (SSSR count). The lowest BCUT2D eigenvalue weighted by Gasteiger charge is -2.11. The van der Waals surface area contributed by atoms with E-state index in [-0.39, 0.29) is 0 Å². The number of aliphatic hydroxyl groups is 1. The molecule has 0 aliphatic heterocycles. The van der Waals surface area contributed by atoms with Gasteiger partial charge in [0.15, 0.2) is 0 Å². The molecule has 90 valence electrons. The van der Waals surface area contributed by atoms with Crippen LogP contribution in [0.1, 0.15) is 23.8 Å². The molecule has 0 radical (unpaired) electrons. The van der Waals surface area contributed by atoms with E-state index in [4.69, 9.17) is 0 Å². The first-order valence-electron chi connectivity index (χ1n) is 5.58. The van der Waals surface area contributed by atoms with E-state index in [0.717, 1.165) is 16.6 Å². The second kappa shape index (κ2) is 5.47. The van der Waals surface area contributed by atoms with Crippen LogP contribution < -0.4 is 0 Å². The maximum Gasteiger partial charge on any atom is 0.0971 e. The van der Waals surface area contributed by atoms with Crippen molar-refractivity contribution in [2.45, 2.75) is 18.9 Å². The molecule has 1 heterocycles. The van der Waals surface area contributed by atoms with E-state index in [0.29, 0.717) is 6.42 Å². The van der Waals surface area contributed by atoms with Gasteiger partial charge in [0.25, 0.3) is 0 Å². The van der Waals surface area contributed by atoms with Crippen molar-refractivity contribution in [3.63, 3.8) is 0 Å². The largest absolute Gasteiger partial charge is 0.387 e. The van der Waals surface area contributed by atoms with E-state index in [9.17, 15) is 5.11 Å². The van der Waals surface area contributed by atoms with Gasteiger partial charge >= 0.3 is 0 Å². The normalized spacial score (nSPS) is 12.6. The molecule has 1 N–H and O–H groups in total. The summed E-state index contributed by atoms with van der Waals surface area (Å²) in [6.45, 7) is 0. The van der Waals surface area contributed by atoms with E-state index in [1.54, 1.807) is 10.9 Å². The van der Waals surface area contributed by atoms with Gasteiger partial charge in [0.1, 0.15) is 0 Å². The van der Waals surface area contributed by atoms with Crippen LogP contribution in [0.25, 0.3) is 0 Å². The summed E-state index contributed by atoms with van der Waals surface area (Å²) in [6, 6.07) is 10.2. The quantitative estimate of drug-likeness (QED) is 0.942. The highest BCUT2D eigenvalue weighted by molar-refractivity contribution is 9.10. The summed E-state index contributed by atoms with van der Waals surface area (Å²) in [5, 5.41) is 14.2. The zero-order valence-corrected chi connectivity index (χ0v) is 11.3. The Morgan fingerprint density at radius 2 is 2.06 bits per heavy atom. The van der Waals surface area contributed by atoms with Gasteiger partial charge in [-0.1, -0.05) is 30.3 Å². The van der Waals surface area contributed by atoms with E-state index in [1.807, 2.05) is 25.2 Å². The molecule has 0 aliphatic carbocycles. The van der Waals surface area contributed by atoms with Crippen molar-refractivity contribution < 1.29 is 5.11 Å². The van der Waals surface area contributed by atoms with Crippen molar-refractivity contribution in [1.29, 1.82) is 0 Å². The van der Waals surface area contributed by atoms with E-state index in [2.05, 4.69) is 33.2 Å². The molecular formula is C13H15BrN2O. The number of hydrogen-bond acceptors (Lipinski definition) is 2. The van der Waals surface area contributed by atoms with Crippen molar-refractivity contribution in [1.82, 2.24) is 9.78 Å². The number of halogens is 1. The molecule has 3 nitrogen and oxygen atoms in total. The topological polar surface area (TPSA) is 38.0 Å². The fourth-order valence-corrected chi connectivity index (χ4v) is 2.49. The molecule has 1 aromatic heterocycles. The number of aromatic nitrogens is 2. The number of hydrogen-bond donors (Lipinski definition) is 1. The average molecular weight is 295 g/mol. The molecule has 0 bridgehead atoms. The highest BCUT2D eigenvalue weighted by Gasteiger charge is 2.15. The lowest BCUT2D eigenvalue weighted by atomic mass is 10.1. The lowest BCUT2D eigenvalue weighted by molar-refractivity contribution is 0.157. The van der Waals surface area contributed by atoms with Crippen LogP contribution in [0.5, 0.6) is 0 Å². The van der Waals surface area contributed by atoms with E-state index in [1.165, 1.54) is 5.56 Å². The fraction of sp³-hybridized carbons (Fsp3) is 0.308. The van der Waals surface area contributed by atoms with Crippen LogP contribution in [0.2, 0.25) is 0 Å². The minimum absolute atomic E-state index is 0.489. The van der Waals surface area contributed by atoms with Crippen LogP contribution in [-0.4, -0.2) is 14.9 Å². The first-order chi connectivity index (χ1) is 8.18. The Bertz CT molecular complexity index is 462. The first kappa shape index (κ1) is 12.3. The number of aliphatic hydroxyl groups excluding tert-OH is 1. The molecule has 0 amide bonds. The van der Waals surface area contributed by atoms with Crippen LogP contribution in [0.4, 0.5) is 0 Å². The molecule has 17 heavy (non-hydrogen) atoms. The number of benzene rings is 1. The fourth-order valence-electron chi connectivity index (χ4n) is 1.88. The summed E-state index contributed by atoms with van der Waals surface area (Å²) in [5.41, 5.74) is 2.07. The highest BCUT2D eigenvalue weighted by Crippen LogP contribution is 2.25. The van der Waals surface area contributed by atoms with Crippen LogP contribution in [0.3, 0.4) is 0 Å². The molecule has 0 aliphatic rings. The molecule has 0 saturated heterocycles. The maximum absolute atomic E-state index is 10.1. The third-order valence-corrected chi connectivity index (χ3v) is 3.41. The molecule has 0 saturated carbocycles. The second-order valence-electron chi connectivity index (χ2n) is 4.04. The van der Waals surface area contributed by atoms with Crippen molar-refractivity contribution >= 4 is 15.9 Å². The molecule has 2 aromatic rings. The number of aryl methyl sites for hydroxylation is 2. The molecule has 0 fully saturated rings.